The standard InChI is InChI=1S/C16H16BrClFNO/c1-9-6-15(12(8-14(9)19)10(2)20-3)21-16-7-11(17)4-5-13(16)18/h4-8,10,20H,1-3H3. The van der Waals surface area contributed by atoms with Crippen LogP contribution in [0.4, 0.5) is 4.39 Å². The maximum Gasteiger partial charge on any atom is 0.147 e. The Morgan fingerprint density at radius 1 is 1.24 bits per heavy atom. The van der Waals surface area contributed by atoms with E-state index in [0.717, 1.165) is 10.0 Å². The highest BCUT2D eigenvalue weighted by Gasteiger charge is 2.15. The molecule has 0 aliphatic rings. The van der Waals surface area contributed by atoms with Crippen molar-refractivity contribution < 1.29 is 9.13 Å². The van der Waals surface area contributed by atoms with E-state index >= 15 is 0 Å². The molecule has 0 saturated heterocycles. The molecule has 2 aromatic carbocycles. The summed E-state index contributed by atoms with van der Waals surface area (Å²) < 4.78 is 20.6. The Balaban J connectivity index is 2.47. The molecule has 0 spiro atoms. The molecule has 0 aromatic heterocycles. The van der Waals surface area contributed by atoms with Gasteiger partial charge < -0.3 is 10.1 Å². The molecule has 0 amide bonds. The Hall–Kier alpha value is -1.10. The highest BCUT2D eigenvalue weighted by atomic mass is 79.9. The number of aryl methyl sites for hydroxylation is 1. The van der Waals surface area contributed by atoms with Crippen LogP contribution in [-0.4, -0.2) is 7.05 Å². The summed E-state index contributed by atoms with van der Waals surface area (Å²) in [4.78, 5) is 0. The molecule has 0 bridgehead atoms. The van der Waals surface area contributed by atoms with Gasteiger partial charge in [-0.15, -0.1) is 0 Å². The number of hydrogen-bond donors (Lipinski definition) is 1. The molecule has 0 saturated carbocycles. The van der Waals surface area contributed by atoms with Crippen LogP contribution in [0.2, 0.25) is 5.02 Å². The smallest absolute Gasteiger partial charge is 0.147 e. The van der Waals surface area contributed by atoms with E-state index in [2.05, 4.69) is 21.2 Å². The lowest BCUT2D eigenvalue weighted by Crippen LogP contribution is -2.13. The van der Waals surface area contributed by atoms with Crippen molar-refractivity contribution in [2.24, 2.45) is 0 Å². The number of halogens is 3. The number of benzene rings is 2. The first-order chi connectivity index (χ1) is 9.92. The Morgan fingerprint density at radius 3 is 2.62 bits per heavy atom. The monoisotopic (exact) mass is 371 g/mol. The van der Waals surface area contributed by atoms with Crippen LogP contribution in [0.25, 0.3) is 0 Å². The van der Waals surface area contributed by atoms with Crippen LogP contribution in [0.5, 0.6) is 11.5 Å². The quantitative estimate of drug-likeness (QED) is 0.752. The lowest BCUT2D eigenvalue weighted by atomic mass is 10.0. The molecule has 2 nitrogen and oxygen atoms in total. The van der Waals surface area contributed by atoms with E-state index in [1.165, 1.54) is 6.07 Å². The highest BCUT2D eigenvalue weighted by molar-refractivity contribution is 9.10. The number of rotatable bonds is 4. The number of ether oxygens (including phenoxy) is 1. The predicted molar refractivity (Wildman–Crippen MR) is 87.8 cm³/mol. The Kier molecular flexibility index (Phi) is 5.25. The fourth-order valence-electron chi connectivity index (χ4n) is 1.93. The van der Waals surface area contributed by atoms with Crippen molar-refractivity contribution in [3.63, 3.8) is 0 Å². The van der Waals surface area contributed by atoms with Crippen molar-refractivity contribution in [1.82, 2.24) is 5.32 Å². The van der Waals surface area contributed by atoms with Crippen LogP contribution < -0.4 is 10.1 Å². The van der Waals surface area contributed by atoms with E-state index in [1.54, 1.807) is 25.1 Å². The third-order valence-corrected chi connectivity index (χ3v) is 4.11. The lowest BCUT2D eigenvalue weighted by Gasteiger charge is -2.18. The minimum Gasteiger partial charge on any atom is -0.455 e. The van der Waals surface area contributed by atoms with Crippen LogP contribution in [0, 0.1) is 12.7 Å². The molecule has 2 rings (SSSR count). The van der Waals surface area contributed by atoms with Gasteiger partial charge in [-0.3, -0.25) is 0 Å². The van der Waals surface area contributed by atoms with Crippen LogP contribution >= 0.6 is 27.5 Å². The number of hydrogen-bond acceptors (Lipinski definition) is 2. The summed E-state index contributed by atoms with van der Waals surface area (Å²) in [5, 5.41) is 3.59. The fraction of sp³-hybridized carbons (Fsp3) is 0.250. The lowest BCUT2D eigenvalue weighted by molar-refractivity contribution is 0.462. The van der Waals surface area contributed by atoms with Gasteiger partial charge in [0.25, 0.3) is 0 Å². The first-order valence-electron chi connectivity index (χ1n) is 6.52. The summed E-state index contributed by atoms with van der Waals surface area (Å²) in [7, 11) is 1.82. The van der Waals surface area contributed by atoms with Gasteiger partial charge in [0, 0.05) is 16.1 Å². The fourth-order valence-corrected chi connectivity index (χ4v) is 2.42. The van der Waals surface area contributed by atoms with E-state index < -0.39 is 0 Å². The second-order valence-corrected chi connectivity index (χ2v) is 6.15. The second-order valence-electron chi connectivity index (χ2n) is 4.83. The summed E-state index contributed by atoms with van der Waals surface area (Å²) in [6.45, 7) is 3.65. The highest BCUT2D eigenvalue weighted by Crippen LogP contribution is 2.36. The average molecular weight is 373 g/mol. The zero-order chi connectivity index (χ0) is 15.6. The topological polar surface area (TPSA) is 21.3 Å². The van der Waals surface area contributed by atoms with Gasteiger partial charge in [0.1, 0.15) is 17.3 Å². The van der Waals surface area contributed by atoms with Gasteiger partial charge in [-0.2, -0.15) is 0 Å². The summed E-state index contributed by atoms with van der Waals surface area (Å²) in [5.74, 6) is 0.872. The van der Waals surface area contributed by atoms with Crippen molar-refractivity contribution in [1.29, 1.82) is 0 Å². The predicted octanol–water partition coefficient (Wildman–Crippen LogP) is 5.62. The summed E-state index contributed by atoms with van der Waals surface area (Å²) in [6, 6.07) is 8.52. The van der Waals surface area contributed by atoms with E-state index in [1.807, 2.05) is 20.0 Å². The molecule has 1 atom stereocenters. The average Bonchev–Trinajstić information content (AvgIpc) is 2.45. The largest absolute Gasteiger partial charge is 0.455 e. The molecule has 1 unspecified atom stereocenters. The summed E-state index contributed by atoms with van der Waals surface area (Å²) >= 11 is 9.53. The van der Waals surface area contributed by atoms with Crippen LogP contribution in [-0.2, 0) is 0 Å². The van der Waals surface area contributed by atoms with Crippen LogP contribution in [0.15, 0.2) is 34.8 Å². The van der Waals surface area contributed by atoms with E-state index in [0.29, 0.717) is 22.1 Å². The van der Waals surface area contributed by atoms with Crippen molar-refractivity contribution in [2.75, 3.05) is 7.05 Å². The van der Waals surface area contributed by atoms with Crippen LogP contribution in [0.3, 0.4) is 0 Å². The SMILES string of the molecule is CNC(C)c1cc(F)c(C)cc1Oc1cc(Br)ccc1Cl. The van der Waals surface area contributed by atoms with Crippen molar-refractivity contribution >= 4 is 27.5 Å². The Bertz CT molecular complexity index is 663. The first kappa shape index (κ1) is 16.3. The minimum atomic E-state index is -0.250. The summed E-state index contributed by atoms with van der Waals surface area (Å²) in [6.07, 6.45) is 0. The van der Waals surface area contributed by atoms with Gasteiger partial charge in [-0.05, 0) is 56.8 Å². The normalized spacial score (nSPS) is 12.3. The third kappa shape index (κ3) is 3.76. The molecule has 0 aliphatic heterocycles. The minimum absolute atomic E-state index is 0.0407. The maximum atomic E-state index is 13.8. The molecule has 1 N–H and O–H groups in total. The van der Waals surface area contributed by atoms with E-state index in [-0.39, 0.29) is 11.9 Å². The van der Waals surface area contributed by atoms with Gasteiger partial charge in [-0.1, -0.05) is 27.5 Å². The molecule has 0 fully saturated rings. The molecular formula is C16H16BrClFNO. The molecule has 0 aliphatic carbocycles. The number of nitrogens with one attached hydrogen (secondary N) is 1. The van der Waals surface area contributed by atoms with E-state index in [4.69, 9.17) is 16.3 Å². The molecule has 0 radical (unpaired) electrons. The molecule has 21 heavy (non-hydrogen) atoms. The van der Waals surface area contributed by atoms with Gasteiger partial charge in [-0.25, -0.2) is 4.39 Å². The second kappa shape index (κ2) is 6.77. The van der Waals surface area contributed by atoms with Gasteiger partial charge in [0.2, 0.25) is 0 Å². The molecule has 112 valence electrons. The Labute approximate surface area is 137 Å². The molecule has 2 aromatic rings. The third-order valence-electron chi connectivity index (χ3n) is 3.30. The molecular weight excluding hydrogens is 357 g/mol. The summed E-state index contributed by atoms with van der Waals surface area (Å²) in [5.41, 5.74) is 1.28. The van der Waals surface area contributed by atoms with E-state index in [9.17, 15) is 4.39 Å². The van der Waals surface area contributed by atoms with Crippen molar-refractivity contribution in [2.45, 2.75) is 19.9 Å². The molecule has 5 heteroatoms. The van der Waals surface area contributed by atoms with Crippen molar-refractivity contribution in [3.05, 3.63) is 56.8 Å². The van der Waals surface area contributed by atoms with Gasteiger partial charge in [0.05, 0.1) is 5.02 Å². The Morgan fingerprint density at radius 2 is 1.95 bits per heavy atom. The molecule has 0 heterocycles. The van der Waals surface area contributed by atoms with Gasteiger partial charge >= 0.3 is 0 Å². The zero-order valence-corrected chi connectivity index (χ0v) is 14.3. The van der Waals surface area contributed by atoms with Crippen molar-refractivity contribution in [3.8, 4) is 11.5 Å². The first-order valence-corrected chi connectivity index (χ1v) is 7.69. The van der Waals surface area contributed by atoms with Gasteiger partial charge in [0.15, 0.2) is 0 Å². The zero-order valence-electron chi connectivity index (χ0n) is 12.0. The van der Waals surface area contributed by atoms with Crippen LogP contribution in [0.1, 0.15) is 24.1 Å². The maximum absolute atomic E-state index is 13.8.